The zero-order valence-corrected chi connectivity index (χ0v) is 12.0. The summed E-state index contributed by atoms with van der Waals surface area (Å²) in [4.78, 5) is 2.37. The number of halogens is 1. The number of fused-ring (bicyclic) bond motifs is 1. The highest BCUT2D eigenvalue weighted by atomic mass is 35.5. The molecule has 0 saturated carbocycles. The molecule has 3 heteroatoms. The molecule has 2 unspecified atom stereocenters. The van der Waals surface area contributed by atoms with E-state index < -0.39 is 0 Å². The second-order valence-corrected chi connectivity index (χ2v) is 5.30. The van der Waals surface area contributed by atoms with E-state index >= 15 is 0 Å². The lowest BCUT2D eigenvalue weighted by molar-refractivity contribution is 0.0415. The average molecular weight is 268 g/mol. The van der Waals surface area contributed by atoms with Crippen molar-refractivity contribution in [3.8, 4) is 0 Å². The monoisotopic (exact) mass is 267 g/mol. The largest absolute Gasteiger partial charge is 0.371 e. The van der Waals surface area contributed by atoms with Gasteiger partial charge in [-0.05, 0) is 30.6 Å². The molecule has 0 saturated heterocycles. The Hall–Kier alpha value is -0.570. The summed E-state index contributed by atoms with van der Waals surface area (Å²) in [7, 11) is 0. The first kappa shape index (κ1) is 13.9. The van der Waals surface area contributed by atoms with Crippen LogP contribution in [0.25, 0.3) is 0 Å². The van der Waals surface area contributed by atoms with Gasteiger partial charge in [-0.25, -0.2) is 0 Å². The predicted molar refractivity (Wildman–Crippen MR) is 76.3 cm³/mol. The van der Waals surface area contributed by atoms with Crippen LogP contribution in [0.5, 0.6) is 0 Å². The molecule has 0 spiro atoms. The van der Waals surface area contributed by atoms with Crippen molar-refractivity contribution in [2.75, 3.05) is 26.2 Å². The Balaban J connectivity index is 1.90. The molecule has 1 aliphatic carbocycles. The summed E-state index contributed by atoms with van der Waals surface area (Å²) in [5, 5.41) is 0.0825. The molecule has 2 nitrogen and oxygen atoms in total. The fourth-order valence-electron chi connectivity index (χ4n) is 2.55. The number of ether oxygens (including phenoxy) is 1. The molecule has 100 valence electrons. The number of nitrogens with zero attached hydrogens (tertiary/aromatic N) is 1. The van der Waals surface area contributed by atoms with E-state index in [-0.39, 0.29) is 11.5 Å². The van der Waals surface area contributed by atoms with Crippen molar-refractivity contribution in [3.63, 3.8) is 0 Å². The van der Waals surface area contributed by atoms with Crippen molar-refractivity contribution in [1.82, 2.24) is 4.90 Å². The fourth-order valence-corrected chi connectivity index (χ4v) is 2.93. The summed E-state index contributed by atoms with van der Waals surface area (Å²) >= 11 is 6.39. The first-order valence-electron chi connectivity index (χ1n) is 6.82. The van der Waals surface area contributed by atoms with Gasteiger partial charge >= 0.3 is 0 Å². The molecule has 0 aliphatic heterocycles. The lowest BCUT2D eigenvalue weighted by Gasteiger charge is -2.21. The number of hydrogen-bond acceptors (Lipinski definition) is 2. The molecular weight excluding hydrogens is 246 g/mol. The van der Waals surface area contributed by atoms with Crippen molar-refractivity contribution in [2.45, 2.75) is 31.7 Å². The maximum Gasteiger partial charge on any atom is 0.0994 e. The van der Waals surface area contributed by atoms with Gasteiger partial charge in [0.1, 0.15) is 0 Å². The van der Waals surface area contributed by atoms with Crippen LogP contribution in [0.3, 0.4) is 0 Å². The van der Waals surface area contributed by atoms with Crippen molar-refractivity contribution < 1.29 is 4.74 Å². The van der Waals surface area contributed by atoms with E-state index in [9.17, 15) is 0 Å². The molecule has 0 aromatic heterocycles. The SMILES string of the molecule is CCN(CC)CCOC1c2ccccc2CC1Cl. The Morgan fingerprint density at radius 1 is 1.28 bits per heavy atom. The maximum atomic E-state index is 6.39. The number of benzene rings is 1. The standard InChI is InChI=1S/C15H22ClNO/c1-3-17(4-2)9-10-18-15-13-8-6-5-7-12(13)11-14(15)16/h5-8,14-15H,3-4,9-11H2,1-2H3. The first-order chi connectivity index (χ1) is 8.76. The molecule has 0 fully saturated rings. The van der Waals surface area contributed by atoms with Gasteiger partial charge in [0.15, 0.2) is 0 Å². The van der Waals surface area contributed by atoms with Crippen molar-refractivity contribution in [3.05, 3.63) is 35.4 Å². The second-order valence-electron chi connectivity index (χ2n) is 4.74. The molecular formula is C15H22ClNO. The lowest BCUT2D eigenvalue weighted by Crippen LogP contribution is -2.28. The van der Waals surface area contributed by atoms with Gasteiger partial charge in [-0.3, -0.25) is 0 Å². The van der Waals surface area contributed by atoms with Gasteiger partial charge in [0.05, 0.1) is 18.1 Å². The smallest absolute Gasteiger partial charge is 0.0994 e. The summed E-state index contributed by atoms with van der Waals surface area (Å²) in [5.74, 6) is 0. The predicted octanol–water partition coefficient (Wildman–Crippen LogP) is 3.25. The third kappa shape index (κ3) is 3.05. The molecule has 1 aromatic carbocycles. The molecule has 0 N–H and O–H groups in total. The van der Waals surface area contributed by atoms with E-state index in [1.165, 1.54) is 11.1 Å². The van der Waals surface area contributed by atoms with E-state index in [0.29, 0.717) is 0 Å². The van der Waals surface area contributed by atoms with E-state index in [1.54, 1.807) is 0 Å². The van der Waals surface area contributed by atoms with Crippen LogP contribution in [0.15, 0.2) is 24.3 Å². The third-order valence-electron chi connectivity index (χ3n) is 3.70. The molecule has 0 amide bonds. The number of hydrogen-bond donors (Lipinski definition) is 0. The summed E-state index contributed by atoms with van der Waals surface area (Å²) < 4.78 is 6.00. The Kier molecular flexibility index (Phi) is 5.04. The van der Waals surface area contributed by atoms with Crippen LogP contribution >= 0.6 is 11.6 Å². The van der Waals surface area contributed by atoms with Gasteiger partial charge in [-0.2, -0.15) is 0 Å². The second kappa shape index (κ2) is 6.55. The Morgan fingerprint density at radius 2 is 2.00 bits per heavy atom. The topological polar surface area (TPSA) is 12.5 Å². The molecule has 0 radical (unpaired) electrons. The molecule has 0 bridgehead atoms. The molecule has 18 heavy (non-hydrogen) atoms. The van der Waals surface area contributed by atoms with E-state index in [4.69, 9.17) is 16.3 Å². The van der Waals surface area contributed by atoms with E-state index in [1.807, 2.05) is 0 Å². The van der Waals surface area contributed by atoms with Crippen LogP contribution in [0.2, 0.25) is 0 Å². The molecule has 1 aliphatic rings. The first-order valence-corrected chi connectivity index (χ1v) is 7.25. The highest BCUT2D eigenvalue weighted by Gasteiger charge is 2.31. The fraction of sp³-hybridized carbons (Fsp3) is 0.600. The third-order valence-corrected chi connectivity index (χ3v) is 4.09. The van der Waals surface area contributed by atoms with Gasteiger partial charge in [-0.15, -0.1) is 11.6 Å². The van der Waals surface area contributed by atoms with E-state index in [2.05, 4.69) is 43.0 Å². The summed E-state index contributed by atoms with van der Waals surface area (Å²) in [5.41, 5.74) is 2.61. The minimum atomic E-state index is 0.0680. The van der Waals surface area contributed by atoms with Crippen LogP contribution in [-0.2, 0) is 11.2 Å². The minimum absolute atomic E-state index is 0.0680. The van der Waals surface area contributed by atoms with Gasteiger partial charge in [0.25, 0.3) is 0 Å². The molecule has 2 rings (SSSR count). The van der Waals surface area contributed by atoms with Crippen molar-refractivity contribution >= 4 is 11.6 Å². The highest BCUT2D eigenvalue weighted by molar-refractivity contribution is 6.21. The Bertz CT molecular complexity index is 379. The van der Waals surface area contributed by atoms with E-state index in [0.717, 1.165) is 32.7 Å². The summed E-state index contributed by atoms with van der Waals surface area (Å²) in [6.45, 7) is 8.24. The van der Waals surface area contributed by atoms with Crippen LogP contribution in [-0.4, -0.2) is 36.5 Å². The highest BCUT2D eigenvalue weighted by Crippen LogP contribution is 2.37. The zero-order chi connectivity index (χ0) is 13.0. The van der Waals surface area contributed by atoms with Crippen LogP contribution in [0.1, 0.15) is 31.1 Å². The molecule has 0 heterocycles. The number of rotatable bonds is 6. The Morgan fingerprint density at radius 3 is 2.72 bits per heavy atom. The van der Waals surface area contributed by atoms with Crippen molar-refractivity contribution in [1.29, 1.82) is 0 Å². The van der Waals surface area contributed by atoms with Crippen molar-refractivity contribution in [2.24, 2.45) is 0 Å². The molecule has 1 aromatic rings. The maximum absolute atomic E-state index is 6.39. The molecule has 2 atom stereocenters. The zero-order valence-electron chi connectivity index (χ0n) is 11.2. The summed E-state index contributed by atoms with van der Waals surface area (Å²) in [6.07, 6.45) is 0.992. The van der Waals surface area contributed by atoms with Gasteiger partial charge < -0.3 is 9.64 Å². The Labute approximate surface area is 115 Å². The van der Waals surface area contributed by atoms with Gasteiger partial charge in [0.2, 0.25) is 0 Å². The quantitative estimate of drug-likeness (QED) is 0.734. The van der Waals surface area contributed by atoms with Gasteiger partial charge in [0, 0.05) is 6.54 Å². The van der Waals surface area contributed by atoms with Crippen LogP contribution < -0.4 is 0 Å². The number of alkyl halides is 1. The normalized spacial score (nSPS) is 22.4. The minimum Gasteiger partial charge on any atom is -0.371 e. The average Bonchev–Trinajstić information content (AvgIpc) is 2.71. The van der Waals surface area contributed by atoms with Crippen LogP contribution in [0.4, 0.5) is 0 Å². The van der Waals surface area contributed by atoms with Crippen LogP contribution in [0, 0.1) is 0 Å². The number of likely N-dealkylation sites (N-methyl/N-ethyl adjacent to an activating group) is 1. The summed E-state index contributed by atoms with van der Waals surface area (Å²) in [6, 6.07) is 8.42. The van der Waals surface area contributed by atoms with Gasteiger partial charge in [-0.1, -0.05) is 38.1 Å². The lowest BCUT2D eigenvalue weighted by atomic mass is 10.1.